The first-order valence-electron chi connectivity index (χ1n) is 8.67. The van der Waals surface area contributed by atoms with Crippen molar-refractivity contribution in [1.29, 1.82) is 0 Å². The monoisotopic (exact) mass is 280 g/mol. The van der Waals surface area contributed by atoms with E-state index in [1.165, 1.54) is 84.6 Å². The van der Waals surface area contributed by atoms with Gasteiger partial charge >= 0.3 is 0 Å². The van der Waals surface area contributed by atoms with Crippen molar-refractivity contribution >= 4 is 0 Å². The normalized spacial score (nSPS) is 29.9. The molecule has 116 valence electrons. The number of hydrogen-bond donors (Lipinski definition) is 1. The molecule has 0 saturated carbocycles. The molecule has 0 aromatic rings. The Kier molecular flexibility index (Phi) is 5.32. The smallest absolute Gasteiger partial charge is 0.0121 e. The van der Waals surface area contributed by atoms with Crippen LogP contribution in [-0.2, 0) is 0 Å². The van der Waals surface area contributed by atoms with Crippen LogP contribution in [0.15, 0.2) is 0 Å². The van der Waals surface area contributed by atoms with Gasteiger partial charge in [0.1, 0.15) is 0 Å². The first-order valence-corrected chi connectivity index (χ1v) is 8.67. The summed E-state index contributed by atoms with van der Waals surface area (Å²) < 4.78 is 0. The number of piperazine rings is 1. The Hall–Kier alpha value is -0.160. The van der Waals surface area contributed by atoms with E-state index in [9.17, 15) is 0 Å². The molecule has 20 heavy (non-hydrogen) atoms. The molecule has 0 aliphatic carbocycles. The average molecular weight is 280 g/mol. The number of hydrogen-bond acceptors (Lipinski definition) is 4. The number of piperidine rings is 2. The molecule has 4 nitrogen and oxygen atoms in total. The summed E-state index contributed by atoms with van der Waals surface area (Å²) in [6, 6.07) is 0.867. The Bertz CT molecular complexity index is 274. The van der Waals surface area contributed by atoms with Gasteiger partial charge in [0.15, 0.2) is 0 Å². The zero-order chi connectivity index (χ0) is 13.8. The summed E-state index contributed by atoms with van der Waals surface area (Å²) in [7, 11) is 2.26. The number of nitrogens with one attached hydrogen (secondary N) is 1. The summed E-state index contributed by atoms with van der Waals surface area (Å²) in [5.41, 5.74) is 0. The molecule has 3 saturated heterocycles. The molecule has 3 aliphatic heterocycles. The Morgan fingerprint density at radius 3 is 2.15 bits per heavy atom. The minimum atomic E-state index is 0.867. The van der Waals surface area contributed by atoms with Crippen LogP contribution in [-0.4, -0.2) is 86.7 Å². The first kappa shape index (κ1) is 14.8. The molecule has 0 amide bonds. The molecular weight excluding hydrogens is 248 g/mol. The van der Waals surface area contributed by atoms with Gasteiger partial charge < -0.3 is 15.1 Å². The lowest BCUT2D eigenvalue weighted by Crippen LogP contribution is -2.52. The first-order chi connectivity index (χ1) is 9.81. The molecule has 0 unspecified atom stereocenters. The zero-order valence-corrected chi connectivity index (χ0v) is 13.2. The van der Waals surface area contributed by atoms with Crippen molar-refractivity contribution in [3.63, 3.8) is 0 Å². The number of nitrogens with zero attached hydrogens (tertiary/aromatic N) is 3. The van der Waals surface area contributed by atoms with Crippen LogP contribution in [0.1, 0.15) is 25.7 Å². The maximum atomic E-state index is 3.46. The van der Waals surface area contributed by atoms with E-state index in [2.05, 4.69) is 27.1 Å². The van der Waals surface area contributed by atoms with Crippen LogP contribution in [0.4, 0.5) is 0 Å². The standard InChI is InChI=1S/C16H32N4/c1-18-8-2-15(3-9-18)14-19-10-4-16(5-11-19)20-12-6-17-7-13-20/h15-17H,2-14H2,1H3. The molecule has 4 heteroatoms. The molecule has 0 radical (unpaired) electrons. The molecule has 0 atom stereocenters. The number of likely N-dealkylation sites (tertiary alicyclic amines) is 2. The van der Waals surface area contributed by atoms with Gasteiger partial charge in [-0.3, -0.25) is 4.90 Å². The van der Waals surface area contributed by atoms with Gasteiger partial charge in [-0.15, -0.1) is 0 Å². The van der Waals surface area contributed by atoms with E-state index in [-0.39, 0.29) is 0 Å². The van der Waals surface area contributed by atoms with Crippen molar-refractivity contribution in [1.82, 2.24) is 20.0 Å². The fraction of sp³-hybridized carbons (Fsp3) is 1.00. The minimum Gasteiger partial charge on any atom is -0.314 e. The van der Waals surface area contributed by atoms with Crippen molar-refractivity contribution in [2.45, 2.75) is 31.7 Å². The van der Waals surface area contributed by atoms with Gasteiger partial charge in [0.05, 0.1) is 0 Å². The van der Waals surface area contributed by atoms with Crippen LogP contribution in [0.25, 0.3) is 0 Å². The lowest BCUT2D eigenvalue weighted by atomic mass is 9.94. The molecule has 3 heterocycles. The van der Waals surface area contributed by atoms with Gasteiger partial charge in [0.25, 0.3) is 0 Å². The molecule has 3 rings (SSSR count). The van der Waals surface area contributed by atoms with Gasteiger partial charge in [0, 0.05) is 38.8 Å². The summed E-state index contributed by atoms with van der Waals surface area (Å²) in [5, 5.41) is 3.46. The van der Waals surface area contributed by atoms with Crippen LogP contribution in [0.5, 0.6) is 0 Å². The van der Waals surface area contributed by atoms with Gasteiger partial charge in [0.2, 0.25) is 0 Å². The van der Waals surface area contributed by atoms with E-state index in [0.717, 1.165) is 12.0 Å². The van der Waals surface area contributed by atoms with E-state index in [0.29, 0.717) is 0 Å². The fourth-order valence-corrected chi connectivity index (χ4v) is 4.12. The highest BCUT2D eigenvalue weighted by atomic mass is 15.2. The van der Waals surface area contributed by atoms with Crippen molar-refractivity contribution in [3.8, 4) is 0 Å². The topological polar surface area (TPSA) is 21.8 Å². The maximum absolute atomic E-state index is 3.46. The van der Waals surface area contributed by atoms with E-state index in [1.807, 2.05) is 0 Å². The lowest BCUT2D eigenvalue weighted by Gasteiger charge is -2.41. The van der Waals surface area contributed by atoms with Crippen molar-refractivity contribution in [2.24, 2.45) is 5.92 Å². The van der Waals surface area contributed by atoms with Gasteiger partial charge in [-0.1, -0.05) is 0 Å². The predicted octanol–water partition coefficient (Wildman–Crippen LogP) is 0.698. The highest BCUT2D eigenvalue weighted by molar-refractivity contribution is 4.84. The third-order valence-electron chi connectivity index (χ3n) is 5.58. The summed E-state index contributed by atoms with van der Waals surface area (Å²) in [4.78, 5) is 7.95. The molecular formula is C16H32N4. The second kappa shape index (κ2) is 7.21. The van der Waals surface area contributed by atoms with Crippen LogP contribution in [0.2, 0.25) is 0 Å². The highest BCUT2D eigenvalue weighted by Crippen LogP contribution is 2.21. The fourth-order valence-electron chi connectivity index (χ4n) is 4.12. The third kappa shape index (κ3) is 3.94. The van der Waals surface area contributed by atoms with Gasteiger partial charge in [-0.2, -0.15) is 0 Å². The SMILES string of the molecule is CN1CCC(CN2CCC(N3CCNCC3)CC2)CC1. The second-order valence-electron chi connectivity index (χ2n) is 7.06. The molecule has 3 fully saturated rings. The average Bonchev–Trinajstić information content (AvgIpc) is 2.51. The summed E-state index contributed by atoms with van der Waals surface area (Å²) >= 11 is 0. The van der Waals surface area contributed by atoms with Crippen molar-refractivity contribution in [2.75, 3.05) is 66.0 Å². The molecule has 3 aliphatic rings. The predicted molar refractivity (Wildman–Crippen MR) is 84.1 cm³/mol. The van der Waals surface area contributed by atoms with Crippen LogP contribution < -0.4 is 5.32 Å². The maximum Gasteiger partial charge on any atom is 0.0121 e. The van der Waals surface area contributed by atoms with E-state index < -0.39 is 0 Å². The largest absolute Gasteiger partial charge is 0.314 e. The molecule has 0 aromatic heterocycles. The van der Waals surface area contributed by atoms with E-state index in [4.69, 9.17) is 0 Å². The minimum absolute atomic E-state index is 0.867. The Morgan fingerprint density at radius 1 is 0.850 bits per heavy atom. The second-order valence-corrected chi connectivity index (χ2v) is 7.06. The lowest BCUT2D eigenvalue weighted by molar-refractivity contribution is 0.0811. The van der Waals surface area contributed by atoms with E-state index >= 15 is 0 Å². The molecule has 0 aromatic carbocycles. The summed E-state index contributed by atoms with van der Waals surface area (Å²) in [5.74, 6) is 0.960. The van der Waals surface area contributed by atoms with Crippen molar-refractivity contribution in [3.05, 3.63) is 0 Å². The van der Waals surface area contributed by atoms with Crippen LogP contribution >= 0.6 is 0 Å². The van der Waals surface area contributed by atoms with Gasteiger partial charge in [-0.05, 0) is 64.8 Å². The van der Waals surface area contributed by atoms with E-state index in [1.54, 1.807) is 0 Å². The Morgan fingerprint density at radius 2 is 1.50 bits per heavy atom. The third-order valence-corrected chi connectivity index (χ3v) is 5.58. The highest BCUT2D eigenvalue weighted by Gasteiger charge is 2.27. The Labute approximate surface area is 124 Å². The summed E-state index contributed by atoms with van der Waals surface area (Å²) in [6.07, 6.45) is 5.61. The molecule has 0 bridgehead atoms. The quantitative estimate of drug-likeness (QED) is 0.821. The number of rotatable bonds is 3. The van der Waals surface area contributed by atoms with Crippen LogP contribution in [0, 0.1) is 5.92 Å². The Balaban J connectivity index is 1.37. The summed E-state index contributed by atoms with van der Waals surface area (Å²) in [6.45, 7) is 11.6. The van der Waals surface area contributed by atoms with Crippen LogP contribution in [0.3, 0.4) is 0 Å². The molecule has 1 N–H and O–H groups in total. The molecule has 0 spiro atoms. The van der Waals surface area contributed by atoms with Gasteiger partial charge in [-0.25, -0.2) is 0 Å². The zero-order valence-electron chi connectivity index (χ0n) is 13.2. The van der Waals surface area contributed by atoms with Crippen molar-refractivity contribution < 1.29 is 0 Å².